The minimum absolute atomic E-state index is 0.124. The Morgan fingerprint density at radius 1 is 1.12 bits per heavy atom. The van der Waals surface area contributed by atoms with Gasteiger partial charge >= 0.3 is 6.18 Å². The average Bonchev–Trinajstić information content (AvgIpc) is 2.53. The molecule has 0 aliphatic heterocycles. The molecule has 1 amide bonds. The lowest BCUT2D eigenvalue weighted by Gasteiger charge is -2.15. The van der Waals surface area contributed by atoms with Crippen LogP contribution in [0.25, 0.3) is 0 Å². The van der Waals surface area contributed by atoms with Gasteiger partial charge in [0, 0.05) is 12.2 Å². The highest BCUT2D eigenvalue weighted by atomic mass is 19.4. The fourth-order valence-electron chi connectivity index (χ4n) is 2.09. The molecule has 2 N–H and O–H groups in total. The molecule has 0 heterocycles. The van der Waals surface area contributed by atoms with Crippen LogP contribution in [-0.4, -0.2) is 11.9 Å². The van der Waals surface area contributed by atoms with E-state index in [-0.39, 0.29) is 11.6 Å². The van der Waals surface area contributed by atoms with Gasteiger partial charge < -0.3 is 10.6 Å². The number of halogens is 3. The molecular formula is C18H19F3N2O. The molecule has 0 spiro atoms. The van der Waals surface area contributed by atoms with Crippen LogP contribution in [0.4, 0.5) is 18.9 Å². The zero-order valence-corrected chi connectivity index (χ0v) is 13.4. The van der Waals surface area contributed by atoms with Gasteiger partial charge in [-0.15, -0.1) is 0 Å². The summed E-state index contributed by atoms with van der Waals surface area (Å²) in [5, 5.41) is 5.55. The Labute approximate surface area is 138 Å². The van der Waals surface area contributed by atoms with E-state index in [0.717, 1.165) is 23.3 Å². The fraction of sp³-hybridized carbons (Fsp3) is 0.278. The number of amides is 1. The van der Waals surface area contributed by atoms with Crippen LogP contribution >= 0.6 is 0 Å². The molecule has 0 saturated heterocycles. The first-order valence-corrected chi connectivity index (χ1v) is 7.53. The molecule has 24 heavy (non-hydrogen) atoms. The summed E-state index contributed by atoms with van der Waals surface area (Å²) >= 11 is 0. The van der Waals surface area contributed by atoms with E-state index in [1.807, 2.05) is 31.2 Å². The quantitative estimate of drug-likeness (QED) is 0.862. The van der Waals surface area contributed by atoms with Crippen molar-refractivity contribution in [3.05, 3.63) is 65.2 Å². The molecule has 0 aliphatic carbocycles. The molecule has 0 aromatic heterocycles. The van der Waals surface area contributed by atoms with Crippen LogP contribution in [0, 0.1) is 6.92 Å². The molecular weight excluding hydrogens is 317 g/mol. The van der Waals surface area contributed by atoms with Crippen LogP contribution in [0.15, 0.2) is 48.5 Å². The van der Waals surface area contributed by atoms with Gasteiger partial charge in [-0.1, -0.05) is 35.9 Å². The van der Waals surface area contributed by atoms with E-state index < -0.39 is 17.8 Å². The predicted octanol–water partition coefficient (Wildman–Crippen LogP) is 4.13. The lowest BCUT2D eigenvalue weighted by atomic mass is 10.1. The number of nitrogens with one attached hydrogen (secondary N) is 2. The SMILES string of the molecule is Cc1ccc(CNC(C)C(=O)Nc2cccc(C(F)(F)F)c2)cc1. The number of aryl methyl sites for hydroxylation is 1. The number of hydrogen-bond donors (Lipinski definition) is 2. The summed E-state index contributed by atoms with van der Waals surface area (Å²) in [6.07, 6.45) is -4.43. The third-order valence-electron chi connectivity index (χ3n) is 3.58. The summed E-state index contributed by atoms with van der Waals surface area (Å²) < 4.78 is 38.0. The Kier molecular flexibility index (Phi) is 5.62. The van der Waals surface area contributed by atoms with Crippen LogP contribution in [0.5, 0.6) is 0 Å². The lowest BCUT2D eigenvalue weighted by Crippen LogP contribution is -2.37. The molecule has 6 heteroatoms. The van der Waals surface area contributed by atoms with Crippen LogP contribution in [-0.2, 0) is 17.5 Å². The van der Waals surface area contributed by atoms with Crippen molar-refractivity contribution in [3.8, 4) is 0 Å². The van der Waals surface area contributed by atoms with E-state index in [0.29, 0.717) is 6.54 Å². The molecule has 3 nitrogen and oxygen atoms in total. The molecule has 2 aromatic rings. The molecule has 128 valence electrons. The highest BCUT2D eigenvalue weighted by Crippen LogP contribution is 2.30. The number of carbonyl (C=O) groups excluding carboxylic acids is 1. The van der Waals surface area contributed by atoms with Gasteiger partial charge in [-0.05, 0) is 37.6 Å². The third-order valence-corrected chi connectivity index (χ3v) is 3.58. The first kappa shape index (κ1) is 18.0. The van der Waals surface area contributed by atoms with Crippen LogP contribution in [0.1, 0.15) is 23.6 Å². The van der Waals surface area contributed by atoms with Crippen molar-refractivity contribution in [3.63, 3.8) is 0 Å². The second-order valence-corrected chi connectivity index (χ2v) is 5.66. The van der Waals surface area contributed by atoms with Crippen molar-refractivity contribution in [1.82, 2.24) is 5.32 Å². The Hall–Kier alpha value is -2.34. The van der Waals surface area contributed by atoms with E-state index >= 15 is 0 Å². The van der Waals surface area contributed by atoms with Crippen molar-refractivity contribution in [2.45, 2.75) is 32.6 Å². The van der Waals surface area contributed by atoms with E-state index in [2.05, 4.69) is 10.6 Å². The third kappa shape index (κ3) is 5.09. The van der Waals surface area contributed by atoms with Crippen LogP contribution < -0.4 is 10.6 Å². The number of alkyl halides is 3. The van der Waals surface area contributed by atoms with E-state index in [4.69, 9.17) is 0 Å². The second kappa shape index (κ2) is 7.49. The van der Waals surface area contributed by atoms with Crippen molar-refractivity contribution in [2.24, 2.45) is 0 Å². The van der Waals surface area contributed by atoms with E-state index in [1.54, 1.807) is 6.92 Å². The molecule has 2 aromatic carbocycles. The molecule has 1 atom stereocenters. The first-order valence-electron chi connectivity index (χ1n) is 7.53. The summed E-state index contributed by atoms with van der Waals surface area (Å²) in [5.74, 6) is -0.388. The fourth-order valence-corrected chi connectivity index (χ4v) is 2.09. The Morgan fingerprint density at radius 2 is 1.79 bits per heavy atom. The minimum Gasteiger partial charge on any atom is -0.325 e. The Bertz CT molecular complexity index is 696. The summed E-state index contributed by atoms with van der Waals surface area (Å²) in [5.41, 5.74) is 1.51. The highest BCUT2D eigenvalue weighted by molar-refractivity contribution is 5.94. The maximum absolute atomic E-state index is 12.7. The Balaban J connectivity index is 1.93. The zero-order chi connectivity index (χ0) is 17.7. The van der Waals surface area contributed by atoms with Gasteiger partial charge in [0.25, 0.3) is 0 Å². The monoisotopic (exact) mass is 336 g/mol. The summed E-state index contributed by atoms with van der Waals surface area (Å²) in [7, 11) is 0. The van der Waals surface area contributed by atoms with Gasteiger partial charge in [0.1, 0.15) is 0 Å². The molecule has 0 radical (unpaired) electrons. The van der Waals surface area contributed by atoms with Gasteiger partial charge in [0.2, 0.25) is 5.91 Å². The van der Waals surface area contributed by atoms with Crippen LogP contribution in [0.3, 0.4) is 0 Å². The largest absolute Gasteiger partial charge is 0.416 e. The van der Waals surface area contributed by atoms with E-state index in [9.17, 15) is 18.0 Å². The van der Waals surface area contributed by atoms with Gasteiger partial charge in [-0.3, -0.25) is 4.79 Å². The maximum Gasteiger partial charge on any atom is 0.416 e. The normalized spacial score (nSPS) is 12.7. The minimum atomic E-state index is -4.43. The topological polar surface area (TPSA) is 41.1 Å². The van der Waals surface area contributed by atoms with Gasteiger partial charge in [0.15, 0.2) is 0 Å². The summed E-state index contributed by atoms with van der Waals surface area (Å²) in [4.78, 5) is 12.1. The van der Waals surface area contributed by atoms with Crippen molar-refractivity contribution < 1.29 is 18.0 Å². The molecule has 0 bridgehead atoms. The molecule has 0 aliphatic rings. The van der Waals surface area contributed by atoms with Gasteiger partial charge in [0.05, 0.1) is 11.6 Å². The van der Waals surface area contributed by atoms with Crippen molar-refractivity contribution in [1.29, 1.82) is 0 Å². The average molecular weight is 336 g/mol. The molecule has 0 fully saturated rings. The van der Waals surface area contributed by atoms with Gasteiger partial charge in [-0.25, -0.2) is 0 Å². The standard InChI is InChI=1S/C18H19F3N2O/c1-12-6-8-14(9-7-12)11-22-13(2)17(24)23-16-5-3-4-15(10-16)18(19,20)21/h3-10,13,22H,11H2,1-2H3,(H,23,24). The predicted molar refractivity (Wildman–Crippen MR) is 87.6 cm³/mol. The molecule has 2 rings (SSSR count). The number of anilines is 1. The number of carbonyl (C=O) groups is 1. The second-order valence-electron chi connectivity index (χ2n) is 5.66. The number of hydrogen-bond acceptors (Lipinski definition) is 2. The summed E-state index contributed by atoms with van der Waals surface area (Å²) in [6.45, 7) is 4.15. The zero-order valence-electron chi connectivity index (χ0n) is 13.4. The number of rotatable bonds is 5. The first-order chi connectivity index (χ1) is 11.3. The van der Waals surface area contributed by atoms with Crippen molar-refractivity contribution >= 4 is 11.6 Å². The summed E-state index contributed by atoms with van der Waals surface area (Å²) in [6, 6.07) is 11.9. The van der Waals surface area contributed by atoms with Gasteiger partial charge in [-0.2, -0.15) is 13.2 Å². The van der Waals surface area contributed by atoms with Crippen molar-refractivity contribution in [2.75, 3.05) is 5.32 Å². The maximum atomic E-state index is 12.7. The highest BCUT2D eigenvalue weighted by Gasteiger charge is 2.30. The van der Waals surface area contributed by atoms with E-state index in [1.165, 1.54) is 12.1 Å². The smallest absolute Gasteiger partial charge is 0.325 e. The Morgan fingerprint density at radius 3 is 2.42 bits per heavy atom. The molecule has 1 unspecified atom stereocenters. The lowest BCUT2D eigenvalue weighted by molar-refractivity contribution is -0.137. The van der Waals surface area contributed by atoms with Crippen LogP contribution in [0.2, 0.25) is 0 Å². The number of benzene rings is 2. The molecule has 0 saturated carbocycles.